The normalized spacial score (nSPS) is 22.9. The molecule has 2 rings (SSSR count). The highest BCUT2D eigenvalue weighted by Gasteiger charge is 2.35. The van der Waals surface area contributed by atoms with Gasteiger partial charge in [-0.25, -0.2) is 8.42 Å². The number of sulfone groups is 1. The Morgan fingerprint density at radius 2 is 2.10 bits per heavy atom. The highest BCUT2D eigenvalue weighted by Crippen LogP contribution is 2.31. The summed E-state index contributed by atoms with van der Waals surface area (Å²) >= 11 is 0. The summed E-state index contributed by atoms with van der Waals surface area (Å²) in [6, 6.07) is 8.36. The fourth-order valence-electron chi connectivity index (χ4n) is 3.27. The number of rotatable bonds is 6. The minimum atomic E-state index is -2.98. The minimum Gasteiger partial charge on any atom is -0.309 e. The molecule has 21 heavy (non-hydrogen) atoms. The molecule has 2 unspecified atom stereocenters. The molecular formula is C17H27NO2S. The average molecular weight is 309 g/mol. The standard InChI is InChI=1S/C17H27NO2S/c1-3-8-14-9-7-10-15(13-14)17(18-4-2)16-11-5-6-12-21(16,19)20/h7,9-10,13,16-18H,3-6,8,11-12H2,1-2H3. The third-order valence-corrected chi connectivity index (χ3v) is 6.56. The van der Waals surface area contributed by atoms with Crippen molar-refractivity contribution < 1.29 is 8.42 Å². The van der Waals surface area contributed by atoms with Crippen molar-refractivity contribution in [3.05, 3.63) is 35.4 Å². The molecule has 1 N–H and O–H groups in total. The van der Waals surface area contributed by atoms with Gasteiger partial charge in [0, 0.05) is 6.04 Å². The molecule has 118 valence electrons. The Labute approximate surface area is 129 Å². The SMILES string of the molecule is CCCc1cccc(C(NCC)C2CCCCS2(=O)=O)c1. The van der Waals surface area contributed by atoms with E-state index in [1.54, 1.807) is 0 Å². The number of nitrogens with one attached hydrogen (secondary N) is 1. The third kappa shape index (κ3) is 4.07. The van der Waals surface area contributed by atoms with Crippen molar-refractivity contribution in [1.29, 1.82) is 0 Å². The highest BCUT2D eigenvalue weighted by atomic mass is 32.2. The maximum absolute atomic E-state index is 12.4. The molecular weight excluding hydrogens is 282 g/mol. The first-order chi connectivity index (χ1) is 10.1. The molecule has 0 radical (unpaired) electrons. The van der Waals surface area contributed by atoms with Gasteiger partial charge < -0.3 is 5.32 Å². The monoisotopic (exact) mass is 309 g/mol. The predicted octanol–water partition coefficient (Wildman–Crippen LogP) is 3.26. The van der Waals surface area contributed by atoms with Gasteiger partial charge in [0.05, 0.1) is 11.0 Å². The first kappa shape index (κ1) is 16.5. The molecule has 0 aromatic heterocycles. The van der Waals surface area contributed by atoms with Crippen molar-refractivity contribution in [3.63, 3.8) is 0 Å². The first-order valence-electron chi connectivity index (χ1n) is 8.12. The van der Waals surface area contributed by atoms with Gasteiger partial charge in [0.25, 0.3) is 0 Å². The van der Waals surface area contributed by atoms with E-state index < -0.39 is 9.84 Å². The second kappa shape index (κ2) is 7.41. The Morgan fingerprint density at radius 3 is 2.76 bits per heavy atom. The molecule has 1 aromatic carbocycles. The van der Waals surface area contributed by atoms with Crippen molar-refractivity contribution in [3.8, 4) is 0 Å². The van der Waals surface area contributed by atoms with E-state index in [0.29, 0.717) is 5.75 Å². The summed E-state index contributed by atoms with van der Waals surface area (Å²) in [6.07, 6.45) is 4.76. The molecule has 3 nitrogen and oxygen atoms in total. The van der Waals surface area contributed by atoms with Crippen LogP contribution in [0.15, 0.2) is 24.3 Å². The molecule has 0 saturated carbocycles. The number of benzene rings is 1. The van der Waals surface area contributed by atoms with E-state index in [-0.39, 0.29) is 11.3 Å². The van der Waals surface area contributed by atoms with Crippen LogP contribution in [0.25, 0.3) is 0 Å². The van der Waals surface area contributed by atoms with Gasteiger partial charge in [-0.3, -0.25) is 0 Å². The molecule has 1 aromatic rings. The lowest BCUT2D eigenvalue weighted by atomic mass is 9.96. The molecule has 1 aliphatic rings. The molecule has 1 fully saturated rings. The van der Waals surface area contributed by atoms with Crippen LogP contribution in [-0.4, -0.2) is 26.0 Å². The Kier molecular flexibility index (Phi) is 5.82. The largest absolute Gasteiger partial charge is 0.309 e. The Bertz CT molecular complexity index is 554. The second-order valence-corrected chi connectivity index (χ2v) is 8.27. The van der Waals surface area contributed by atoms with Gasteiger partial charge in [-0.05, 0) is 36.9 Å². The van der Waals surface area contributed by atoms with Gasteiger partial charge in [0.15, 0.2) is 9.84 Å². The van der Waals surface area contributed by atoms with Gasteiger partial charge in [0.1, 0.15) is 0 Å². The van der Waals surface area contributed by atoms with Crippen molar-refractivity contribution in [2.75, 3.05) is 12.3 Å². The lowest BCUT2D eigenvalue weighted by molar-refractivity contribution is 0.454. The number of hydrogen-bond acceptors (Lipinski definition) is 3. The first-order valence-corrected chi connectivity index (χ1v) is 9.83. The van der Waals surface area contributed by atoms with Crippen molar-refractivity contribution in [2.45, 2.75) is 57.2 Å². The van der Waals surface area contributed by atoms with E-state index in [9.17, 15) is 8.42 Å². The van der Waals surface area contributed by atoms with E-state index in [4.69, 9.17) is 0 Å². The molecule has 1 saturated heterocycles. The maximum atomic E-state index is 12.4. The maximum Gasteiger partial charge on any atom is 0.155 e. The quantitative estimate of drug-likeness (QED) is 0.877. The van der Waals surface area contributed by atoms with E-state index in [0.717, 1.165) is 44.2 Å². The Morgan fingerprint density at radius 1 is 1.29 bits per heavy atom. The van der Waals surface area contributed by atoms with Gasteiger partial charge in [-0.15, -0.1) is 0 Å². The number of aryl methyl sites for hydroxylation is 1. The van der Waals surface area contributed by atoms with Gasteiger partial charge >= 0.3 is 0 Å². The van der Waals surface area contributed by atoms with Crippen molar-refractivity contribution in [2.24, 2.45) is 0 Å². The molecule has 1 aliphatic heterocycles. The van der Waals surface area contributed by atoms with Crippen LogP contribution in [0.4, 0.5) is 0 Å². The van der Waals surface area contributed by atoms with Crippen LogP contribution in [0.2, 0.25) is 0 Å². The summed E-state index contributed by atoms with van der Waals surface area (Å²) in [5, 5.41) is 3.14. The highest BCUT2D eigenvalue weighted by molar-refractivity contribution is 7.92. The van der Waals surface area contributed by atoms with Crippen molar-refractivity contribution >= 4 is 9.84 Å². The van der Waals surface area contributed by atoms with Gasteiger partial charge in [-0.1, -0.05) is 51.0 Å². The second-order valence-electron chi connectivity index (χ2n) is 5.93. The molecule has 0 aliphatic carbocycles. The third-order valence-electron chi connectivity index (χ3n) is 4.27. The fourth-order valence-corrected chi connectivity index (χ4v) is 5.37. The molecule has 0 amide bonds. The average Bonchev–Trinajstić information content (AvgIpc) is 2.46. The van der Waals surface area contributed by atoms with Crippen LogP contribution in [0.3, 0.4) is 0 Å². The summed E-state index contributed by atoms with van der Waals surface area (Å²) in [6.45, 7) is 4.99. The fraction of sp³-hybridized carbons (Fsp3) is 0.647. The molecule has 1 heterocycles. The van der Waals surface area contributed by atoms with Crippen LogP contribution in [0.5, 0.6) is 0 Å². The zero-order valence-corrected chi connectivity index (χ0v) is 14.0. The predicted molar refractivity (Wildman–Crippen MR) is 88.3 cm³/mol. The van der Waals surface area contributed by atoms with E-state index in [1.807, 2.05) is 6.92 Å². The van der Waals surface area contributed by atoms with Gasteiger partial charge in [0.2, 0.25) is 0 Å². The van der Waals surface area contributed by atoms with E-state index >= 15 is 0 Å². The molecule has 0 spiro atoms. The van der Waals surface area contributed by atoms with E-state index in [2.05, 4.69) is 36.5 Å². The lowest BCUT2D eigenvalue weighted by Crippen LogP contribution is -2.40. The Balaban J connectivity index is 2.31. The minimum absolute atomic E-state index is 0.0721. The topological polar surface area (TPSA) is 46.2 Å². The van der Waals surface area contributed by atoms with Crippen LogP contribution >= 0.6 is 0 Å². The zero-order chi connectivity index (χ0) is 15.3. The summed E-state index contributed by atoms with van der Waals surface area (Å²) in [4.78, 5) is 0. The number of hydrogen-bond donors (Lipinski definition) is 1. The molecule has 4 heteroatoms. The van der Waals surface area contributed by atoms with Crippen LogP contribution in [0.1, 0.15) is 56.7 Å². The summed E-state index contributed by atoms with van der Waals surface area (Å²) in [7, 11) is -2.98. The molecule has 0 bridgehead atoms. The Hall–Kier alpha value is -0.870. The van der Waals surface area contributed by atoms with E-state index in [1.165, 1.54) is 5.56 Å². The summed E-state index contributed by atoms with van der Waals surface area (Å²) in [5.41, 5.74) is 2.42. The zero-order valence-electron chi connectivity index (χ0n) is 13.1. The van der Waals surface area contributed by atoms with Crippen LogP contribution in [0, 0.1) is 0 Å². The molecule has 2 atom stereocenters. The summed E-state index contributed by atoms with van der Waals surface area (Å²) < 4.78 is 24.9. The van der Waals surface area contributed by atoms with Crippen LogP contribution < -0.4 is 5.32 Å². The van der Waals surface area contributed by atoms with Gasteiger partial charge in [-0.2, -0.15) is 0 Å². The summed E-state index contributed by atoms with van der Waals surface area (Å²) in [5.74, 6) is 0.341. The van der Waals surface area contributed by atoms with Crippen molar-refractivity contribution in [1.82, 2.24) is 5.32 Å². The smallest absolute Gasteiger partial charge is 0.155 e. The lowest BCUT2D eigenvalue weighted by Gasteiger charge is -2.31. The van der Waals surface area contributed by atoms with Crippen LogP contribution in [-0.2, 0) is 16.3 Å².